The molecule has 0 bridgehead atoms. The minimum Gasteiger partial charge on any atom is -0.479 e. The van der Waals surface area contributed by atoms with Crippen LogP contribution < -0.4 is 5.32 Å². The van der Waals surface area contributed by atoms with Crippen molar-refractivity contribution >= 4 is 35.0 Å². The molecule has 0 saturated carbocycles. The number of rotatable bonds is 5. The summed E-state index contributed by atoms with van der Waals surface area (Å²) in [5.41, 5.74) is 0.200. The van der Waals surface area contributed by atoms with Gasteiger partial charge in [-0.15, -0.1) is 11.8 Å². The van der Waals surface area contributed by atoms with Crippen LogP contribution in [0.5, 0.6) is 0 Å². The van der Waals surface area contributed by atoms with Crippen LogP contribution in [-0.4, -0.2) is 17.3 Å². The van der Waals surface area contributed by atoms with E-state index in [9.17, 15) is 9.90 Å². The minimum absolute atomic E-state index is 0.613. The van der Waals surface area contributed by atoms with E-state index < -0.39 is 11.5 Å². The highest BCUT2D eigenvalue weighted by atomic mass is 35.5. The number of halogens is 1. The summed E-state index contributed by atoms with van der Waals surface area (Å²) in [5.74, 6) is -0.936. The molecule has 3 nitrogen and oxygen atoms in total. The van der Waals surface area contributed by atoms with Crippen molar-refractivity contribution in [3.05, 3.63) is 59.1 Å². The number of carboxylic acid groups (broad SMARTS) is 1. The quantitative estimate of drug-likeness (QED) is 0.797. The molecule has 1 unspecified atom stereocenters. The fourth-order valence-electron chi connectivity index (χ4n) is 2.00. The molecule has 0 aliphatic carbocycles. The molecule has 2 aromatic rings. The Bertz CT molecular complexity index is 628. The van der Waals surface area contributed by atoms with Gasteiger partial charge in [-0.1, -0.05) is 23.7 Å². The molecule has 0 aliphatic rings. The Morgan fingerprint density at radius 2 is 1.71 bits per heavy atom. The Morgan fingerprint density at radius 1 is 1.14 bits per heavy atom. The molecule has 0 heterocycles. The lowest BCUT2D eigenvalue weighted by Crippen LogP contribution is -2.40. The van der Waals surface area contributed by atoms with Crippen molar-refractivity contribution in [2.75, 3.05) is 11.6 Å². The summed E-state index contributed by atoms with van der Waals surface area (Å²) in [4.78, 5) is 12.8. The SMILES string of the molecule is CSc1ccc(C(C)(Nc2ccc(Cl)cc2)C(=O)O)cc1. The number of anilines is 1. The molecule has 0 aromatic heterocycles. The van der Waals surface area contributed by atoms with E-state index in [1.165, 1.54) is 0 Å². The number of hydrogen-bond acceptors (Lipinski definition) is 3. The zero-order chi connectivity index (χ0) is 15.5. The van der Waals surface area contributed by atoms with E-state index in [2.05, 4.69) is 5.32 Å². The van der Waals surface area contributed by atoms with Crippen molar-refractivity contribution in [3.8, 4) is 0 Å². The second-order valence-corrected chi connectivity index (χ2v) is 6.11. The molecule has 5 heteroatoms. The van der Waals surface area contributed by atoms with Crippen LogP contribution in [0.25, 0.3) is 0 Å². The van der Waals surface area contributed by atoms with Crippen LogP contribution in [0.15, 0.2) is 53.4 Å². The van der Waals surface area contributed by atoms with Gasteiger partial charge in [0.1, 0.15) is 0 Å². The van der Waals surface area contributed by atoms with Gasteiger partial charge in [-0.3, -0.25) is 0 Å². The molecule has 2 N–H and O–H groups in total. The molecule has 0 saturated heterocycles. The number of hydrogen-bond donors (Lipinski definition) is 2. The van der Waals surface area contributed by atoms with Crippen LogP contribution in [0.3, 0.4) is 0 Å². The van der Waals surface area contributed by atoms with Crippen LogP contribution in [0, 0.1) is 0 Å². The normalized spacial score (nSPS) is 13.5. The average molecular weight is 322 g/mol. The summed E-state index contributed by atoms with van der Waals surface area (Å²) in [7, 11) is 0. The van der Waals surface area contributed by atoms with Crippen LogP contribution in [0.2, 0.25) is 5.02 Å². The smallest absolute Gasteiger partial charge is 0.333 e. The number of benzene rings is 2. The van der Waals surface area contributed by atoms with Gasteiger partial charge in [-0.25, -0.2) is 4.79 Å². The summed E-state index contributed by atoms with van der Waals surface area (Å²) in [6.45, 7) is 1.65. The van der Waals surface area contributed by atoms with Crippen molar-refractivity contribution in [2.45, 2.75) is 17.4 Å². The third-order valence-corrected chi connectivity index (χ3v) is 4.33. The van der Waals surface area contributed by atoms with E-state index in [-0.39, 0.29) is 0 Å². The second-order valence-electron chi connectivity index (χ2n) is 4.79. The Hall–Kier alpha value is -1.65. The summed E-state index contributed by atoms with van der Waals surface area (Å²) < 4.78 is 0. The first-order valence-corrected chi connectivity index (χ1v) is 7.97. The topological polar surface area (TPSA) is 49.3 Å². The van der Waals surface area contributed by atoms with Gasteiger partial charge in [0.25, 0.3) is 0 Å². The molecule has 0 spiro atoms. The minimum atomic E-state index is -1.20. The van der Waals surface area contributed by atoms with E-state index >= 15 is 0 Å². The van der Waals surface area contributed by atoms with Crippen LogP contribution in [-0.2, 0) is 10.3 Å². The van der Waals surface area contributed by atoms with Gasteiger partial charge < -0.3 is 10.4 Å². The van der Waals surface area contributed by atoms with Gasteiger partial charge >= 0.3 is 5.97 Å². The molecule has 1 atom stereocenters. The van der Waals surface area contributed by atoms with E-state index in [4.69, 9.17) is 11.6 Å². The molecule has 110 valence electrons. The van der Waals surface area contributed by atoms with Gasteiger partial charge in [-0.2, -0.15) is 0 Å². The zero-order valence-corrected chi connectivity index (χ0v) is 13.3. The standard InChI is InChI=1S/C16H16ClNO2S/c1-16(15(19)20,11-3-9-14(21-2)10-4-11)18-13-7-5-12(17)6-8-13/h3-10,18H,1-2H3,(H,19,20). The van der Waals surface area contributed by atoms with E-state index in [1.54, 1.807) is 43.0 Å². The van der Waals surface area contributed by atoms with Crippen molar-refractivity contribution < 1.29 is 9.90 Å². The van der Waals surface area contributed by atoms with Gasteiger partial charge in [0.05, 0.1) is 0 Å². The summed E-state index contributed by atoms with van der Waals surface area (Å²) in [6.07, 6.45) is 1.98. The lowest BCUT2D eigenvalue weighted by molar-refractivity contribution is -0.142. The molecule has 0 fully saturated rings. The van der Waals surface area contributed by atoms with Crippen molar-refractivity contribution in [3.63, 3.8) is 0 Å². The average Bonchev–Trinajstić information content (AvgIpc) is 2.49. The van der Waals surface area contributed by atoms with Crippen LogP contribution in [0.4, 0.5) is 5.69 Å². The lowest BCUT2D eigenvalue weighted by Gasteiger charge is -2.28. The Labute approximate surface area is 133 Å². The van der Waals surface area contributed by atoms with Crippen molar-refractivity contribution in [1.82, 2.24) is 0 Å². The second kappa shape index (κ2) is 6.41. The van der Waals surface area contributed by atoms with Crippen LogP contribution >= 0.6 is 23.4 Å². The first kappa shape index (κ1) is 15.7. The fourth-order valence-corrected chi connectivity index (χ4v) is 2.53. The maximum Gasteiger partial charge on any atom is 0.333 e. The highest BCUT2D eigenvalue weighted by Crippen LogP contribution is 2.28. The predicted molar refractivity (Wildman–Crippen MR) is 88.3 cm³/mol. The molecule has 0 aliphatic heterocycles. The molecule has 0 radical (unpaired) electrons. The number of nitrogens with one attached hydrogen (secondary N) is 1. The highest BCUT2D eigenvalue weighted by Gasteiger charge is 2.35. The fraction of sp³-hybridized carbons (Fsp3) is 0.188. The van der Waals surface area contributed by atoms with Gasteiger partial charge in [0.15, 0.2) is 5.54 Å². The number of thioether (sulfide) groups is 1. The molecule has 2 aromatic carbocycles. The molecule has 2 rings (SSSR count). The summed E-state index contributed by atoms with van der Waals surface area (Å²) in [6, 6.07) is 14.5. The number of aliphatic carboxylic acids is 1. The summed E-state index contributed by atoms with van der Waals surface area (Å²) >= 11 is 7.47. The first-order chi connectivity index (χ1) is 9.95. The van der Waals surface area contributed by atoms with Crippen molar-refractivity contribution in [1.29, 1.82) is 0 Å². The van der Waals surface area contributed by atoms with E-state index in [0.717, 1.165) is 4.90 Å². The first-order valence-electron chi connectivity index (χ1n) is 6.37. The number of carbonyl (C=O) groups is 1. The molecular weight excluding hydrogens is 306 g/mol. The Balaban J connectivity index is 2.34. The van der Waals surface area contributed by atoms with Gasteiger partial charge in [0, 0.05) is 15.6 Å². The Kier molecular flexibility index (Phi) is 4.80. The monoisotopic (exact) mass is 321 g/mol. The summed E-state index contributed by atoms with van der Waals surface area (Å²) in [5, 5.41) is 13.3. The maximum atomic E-state index is 11.8. The number of carboxylic acids is 1. The predicted octanol–water partition coefficient (Wildman–Crippen LogP) is 4.47. The largest absolute Gasteiger partial charge is 0.479 e. The molecule has 0 amide bonds. The van der Waals surface area contributed by atoms with Crippen molar-refractivity contribution in [2.24, 2.45) is 0 Å². The Morgan fingerprint density at radius 3 is 2.19 bits per heavy atom. The third-order valence-electron chi connectivity index (χ3n) is 3.33. The third kappa shape index (κ3) is 3.52. The van der Waals surface area contributed by atoms with E-state index in [0.29, 0.717) is 16.3 Å². The lowest BCUT2D eigenvalue weighted by atomic mass is 9.91. The van der Waals surface area contributed by atoms with Crippen LogP contribution in [0.1, 0.15) is 12.5 Å². The molecule has 21 heavy (non-hydrogen) atoms. The van der Waals surface area contributed by atoms with Gasteiger partial charge in [-0.05, 0) is 55.1 Å². The van der Waals surface area contributed by atoms with Gasteiger partial charge in [0.2, 0.25) is 0 Å². The maximum absolute atomic E-state index is 11.8. The highest BCUT2D eigenvalue weighted by molar-refractivity contribution is 7.98. The zero-order valence-electron chi connectivity index (χ0n) is 11.8. The molecular formula is C16H16ClNO2S. The van der Waals surface area contributed by atoms with E-state index in [1.807, 2.05) is 30.5 Å².